The van der Waals surface area contributed by atoms with E-state index in [1.54, 1.807) is 13.8 Å². The number of ether oxygens (including phenoxy) is 7. The van der Waals surface area contributed by atoms with Gasteiger partial charge in [-0.05, 0) is 36.5 Å². The zero-order chi connectivity index (χ0) is 38.2. The molecule has 15 heteroatoms. The molecule has 0 aromatic heterocycles. The third-order valence-electron chi connectivity index (χ3n) is 10.1. The van der Waals surface area contributed by atoms with Crippen LogP contribution in [0, 0.1) is 29.1 Å². The number of carbonyl (C=O) groups excluding carboxylic acids is 6. The molecule has 51 heavy (non-hydrogen) atoms. The van der Waals surface area contributed by atoms with E-state index in [-0.39, 0.29) is 43.5 Å². The molecule has 1 saturated carbocycles. The lowest BCUT2D eigenvalue weighted by Crippen LogP contribution is -2.75. The topological polar surface area (TPSA) is 211 Å². The van der Waals surface area contributed by atoms with Crippen molar-refractivity contribution >= 4 is 35.8 Å². The summed E-state index contributed by atoms with van der Waals surface area (Å²) in [5.41, 5.74) is -5.80. The summed E-state index contributed by atoms with van der Waals surface area (Å²) in [5, 5.41) is 24.9. The number of epoxide rings is 1. The summed E-state index contributed by atoms with van der Waals surface area (Å²) >= 11 is 0. The Balaban J connectivity index is 2.05. The van der Waals surface area contributed by atoms with Gasteiger partial charge in [0.1, 0.15) is 30.5 Å². The van der Waals surface area contributed by atoms with Crippen LogP contribution in [0.25, 0.3) is 0 Å². The molecule has 0 amide bonds. The van der Waals surface area contributed by atoms with Crippen molar-refractivity contribution in [3.63, 3.8) is 0 Å². The van der Waals surface area contributed by atoms with Crippen molar-refractivity contribution < 1.29 is 72.1 Å². The van der Waals surface area contributed by atoms with Gasteiger partial charge in [-0.3, -0.25) is 28.8 Å². The number of carbonyl (C=O) groups is 6. The average molecular weight is 723 g/mol. The molecule has 0 bridgehead atoms. The Hall–Kier alpha value is -3.82. The van der Waals surface area contributed by atoms with Gasteiger partial charge in [0.25, 0.3) is 0 Å². The van der Waals surface area contributed by atoms with Crippen LogP contribution >= 0.6 is 0 Å². The molecule has 0 aromatic rings. The molecule has 0 aromatic carbocycles. The summed E-state index contributed by atoms with van der Waals surface area (Å²) < 4.78 is 40.7. The van der Waals surface area contributed by atoms with Crippen molar-refractivity contribution in [3.05, 3.63) is 23.8 Å². The van der Waals surface area contributed by atoms with E-state index in [1.807, 2.05) is 13.8 Å². The molecule has 2 aliphatic carbocycles. The Bertz CT molecular complexity index is 1460. The van der Waals surface area contributed by atoms with E-state index >= 15 is 0 Å². The third-order valence-corrected chi connectivity index (χ3v) is 10.1. The van der Waals surface area contributed by atoms with Crippen LogP contribution in [0.15, 0.2) is 23.8 Å². The van der Waals surface area contributed by atoms with Crippen LogP contribution in [0.5, 0.6) is 0 Å². The zero-order valence-electron chi connectivity index (χ0n) is 30.5. The first-order valence-electron chi connectivity index (χ1n) is 17.2. The van der Waals surface area contributed by atoms with Gasteiger partial charge in [0.05, 0.1) is 17.9 Å². The molecule has 3 fully saturated rings. The number of hydrogen-bond donors (Lipinski definition) is 2. The molecule has 11 atom stereocenters. The molecule has 2 saturated heterocycles. The lowest BCUT2D eigenvalue weighted by Gasteiger charge is -2.58. The molecule has 4 aliphatic rings. The molecule has 2 aliphatic heterocycles. The van der Waals surface area contributed by atoms with Crippen molar-refractivity contribution in [3.8, 4) is 0 Å². The first kappa shape index (κ1) is 40.0. The number of aliphatic hydroxyl groups is 2. The van der Waals surface area contributed by atoms with Crippen LogP contribution in [0.1, 0.15) is 75.2 Å². The van der Waals surface area contributed by atoms with Gasteiger partial charge < -0.3 is 43.4 Å². The molecule has 0 unspecified atom stereocenters. The van der Waals surface area contributed by atoms with Crippen molar-refractivity contribution in [2.24, 2.45) is 29.1 Å². The molecule has 15 nitrogen and oxygen atoms in total. The van der Waals surface area contributed by atoms with Gasteiger partial charge in [0.2, 0.25) is 0 Å². The maximum Gasteiger partial charge on any atom is 0.312 e. The fraction of sp³-hybridized carbons (Fsp3) is 0.722. The number of aliphatic hydroxyl groups excluding tert-OH is 1. The van der Waals surface area contributed by atoms with E-state index in [1.165, 1.54) is 32.1 Å². The summed E-state index contributed by atoms with van der Waals surface area (Å²) in [6.07, 6.45) is -5.44. The lowest BCUT2D eigenvalue weighted by molar-refractivity contribution is -0.277. The van der Waals surface area contributed by atoms with Gasteiger partial charge in [-0.1, -0.05) is 40.7 Å². The fourth-order valence-electron chi connectivity index (χ4n) is 7.68. The summed E-state index contributed by atoms with van der Waals surface area (Å²) in [4.78, 5) is 77.7. The predicted molar refractivity (Wildman–Crippen MR) is 174 cm³/mol. The Morgan fingerprint density at radius 2 is 1.45 bits per heavy atom. The van der Waals surface area contributed by atoms with E-state index in [9.17, 15) is 39.0 Å². The summed E-state index contributed by atoms with van der Waals surface area (Å²) in [7, 11) is 0. The SMILES string of the molecule is CC(=O)O[C@@H]1/C=C\C(COC(=O)CC(C)C)=C/[C@@H]2OC(=O)[C@H](C)[C@@]2(O)[C@@H](OC(C)=O)[C@H]2[C@@]3(CO3)[C@H](O)[C@H](OC(=O)CC(C)C)[C@H](OC(C)=O)[C@]12C. The van der Waals surface area contributed by atoms with E-state index in [4.69, 9.17) is 33.2 Å². The van der Waals surface area contributed by atoms with Gasteiger partial charge in [-0.25, -0.2) is 0 Å². The van der Waals surface area contributed by atoms with Gasteiger partial charge in [0.15, 0.2) is 23.9 Å². The third kappa shape index (κ3) is 7.85. The monoisotopic (exact) mass is 722 g/mol. The minimum atomic E-state index is -2.39. The van der Waals surface area contributed by atoms with Crippen molar-refractivity contribution in [1.29, 1.82) is 0 Å². The van der Waals surface area contributed by atoms with Crippen LogP contribution in [0.4, 0.5) is 0 Å². The molecule has 2 N–H and O–H groups in total. The van der Waals surface area contributed by atoms with Crippen LogP contribution < -0.4 is 0 Å². The average Bonchev–Trinajstić information content (AvgIpc) is 3.76. The number of fused-ring (bicyclic) bond motifs is 3. The lowest BCUT2D eigenvalue weighted by atomic mass is 9.51. The van der Waals surface area contributed by atoms with Crippen molar-refractivity contribution in [2.75, 3.05) is 13.2 Å². The Kier molecular flexibility index (Phi) is 11.8. The van der Waals surface area contributed by atoms with Gasteiger partial charge in [0, 0.05) is 39.5 Å². The Labute approximate surface area is 296 Å². The van der Waals surface area contributed by atoms with Gasteiger partial charge >= 0.3 is 35.8 Å². The smallest absolute Gasteiger partial charge is 0.312 e. The van der Waals surface area contributed by atoms with Crippen molar-refractivity contribution in [1.82, 2.24) is 0 Å². The largest absolute Gasteiger partial charge is 0.461 e. The van der Waals surface area contributed by atoms with Crippen LogP contribution in [0.3, 0.4) is 0 Å². The summed E-state index contributed by atoms with van der Waals surface area (Å²) in [5.74, 6) is -7.62. The van der Waals surface area contributed by atoms with E-state index in [0.717, 1.165) is 20.8 Å². The van der Waals surface area contributed by atoms with Crippen LogP contribution in [0.2, 0.25) is 0 Å². The van der Waals surface area contributed by atoms with Crippen molar-refractivity contribution in [2.45, 2.75) is 123 Å². The molecule has 284 valence electrons. The molecule has 4 rings (SSSR count). The maximum absolute atomic E-state index is 13.3. The van der Waals surface area contributed by atoms with Crippen LogP contribution in [-0.2, 0) is 61.9 Å². The molecular formula is C36H50O15. The van der Waals surface area contributed by atoms with E-state index in [2.05, 4.69) is 0 Å². The van der Waals surface area contributed by atoms with E-state index < -0.39 is 101 Å². The zero-order valence-corrected chi connectivity index (χ0v) is 30.5. The van der Waals surface area contributed by atoms with Gasteiger partial charge in [-0.2, -0.15) is 0 Å². The highest BCUT2D eigenvalue weighted by atomic mass is 16.6. The normalized spacial score (nSPS) is 38.7. The first-order chi connectivity index (χ1) is 23.7. The highest BCUT2D eigenvalue weighted by molar-refractivity contribution is 5.78. The molecule has 0 radical (unpaired) electrons. The standard InChI is InChI=1S/C36H50O15/c1-17(2)12-26(40)45-15-23-10-11-24(47-20(6)37)34(9)29(32(49-22(8)39)36(44)19(5)33(43)50-25(36)14-23)35(16-46-35)30(42)28(31(34)48-21(7)38)51-27(41)13-18(3)4/h10-11,14,17-19,24-25,28-32,42,44H,12-13,15-16H2,1-9H3/b11-10-,23-14+/t19-,24+,25-,28-,29+,30+,31-,32-,34+,35-,36-/m0/s1. The Morgan fingerprint density at radius 3 is 1.98 bits per heavy atom. The summed E-state index contributed by atoms with van der Waals surface area (Å²) in [6.45, 7) is 12.9. The first-order valence-corrected chi connectivity index (χ1v) is 17.2. The number of esters is 6. The quantitative estimate of drug-likeness (QED) is 0.187. The second-order valence-corrected chi connectivity index (χ2v) is 15.0. The second kappa shape index (κ2) is 15.0. The molecule has 1 spiro atoms. The fourth-order valence-corrected chi connectivity index (χ4v) is 7.68. The molecular weight excluding hydrogens is 672 g/mol. The van der Waals surface area contributed by atoms with Crippen LogP contribution in [-0.4, -0.2) is 107 Å². The number of hydrogen-bond acceptors (Lipinski definition) is 15. The van der Waals surface area contributed by atoms with Gasteiger partial charge in [-0.15, -0.1) is 0 Å². The number of rotatable bonds is 10. The maximum atomic E-state index is 13.3. The predicted octanol–water partition coefficient (Wildman–Crippen LogP) is 1.88. The highest BCUT2D eigenvalue weighted by Crippen LogP contribution is 2.62. The minimum absolute atomic E-state index is 0.0121. The second-order valence-electron chi connectivity index (χ2n) is 15.0. The Morgan fingerprint density at radius 1 is 0.902 bits per heavy atom. The molecule has 2 heterocycles. The van der Waals surface area contributed by atoms with E-state index in [0.29, 0.717) is 0 Å². The minimum Gasteiger partial charge on any atom is -0.461 e. The highest BCUT2D eigenvalue weighted by Gasteiger charge is 2.80. The summed E-state index contributed by atoms with van der Waals surface area (Å²) in [6, 6.07) is 0.